The Kier molecular flexibility index (Phi) is 3.60. The van der Waals surface area contributed by atoms with Gasteiger partial charge in [-0.25, -0.2) is 0 Å². The smallest absolute Gasteiger partial charge is 0.119 e. The summed E-state index contributed by atoms with van der Waals surface area (Å²) in [5, 5.41) is 17.6. The largest absolute Gasteiger partial charge is 0.508 e. The molecule has 0 saturated heterocycles. The monoisotopic (exact) mass is 273 g/mol. The molecule has 5 heteroatoms. The summed E-state index contributed by atoms with van der Waals surface area (Å²) in [6.07, 6.45) is 5.73. The molecule has 1 aromatic heterocycles. The number of nitrogens with one attached hydrogen (secondary N) is 1. The second-order valence-corrected chi connectivity index (χ2v) is 5.07. The molecule has 0 saturated carbocycles. The van der Waals surface area contributed by atoms with E-state index in [4.69, 9.17) is 4.74 Å². The zero-order valence-electron chi connectivity index (χ0n) is 11.5. The molecular weight excluding hydrogens is 254 g/mol. The summed E-state index contributed by atoms with van der Waals surface area (Å²) in [6.45, 7) is 1.40. The number of methoxy groups -OCH3 is 1. The highest BCUT2D eigenvalue weighted by Gasteiger charge is 2.24. The Bertz CT molecular complexity index is 595. The SMILES string of the molecule is COCCn1cc(NC2CCc3c(O)cccc32)cn1. The van der Waals surface area contributed by atoms with E-state index in [-0.39, 0.29) is 6.04 Å². The van der Waals surface area contributed by atoms with Crippen molar-refractivity contribution in [3.63, 3.8) is 0 Å². The molecule has 1 unspecified atom stereocenters. The molecule has 0 aliphatic heterocycles. The molecule has 0 bridgehead atoms. The van der Waals surface area contributed by atoms with Crippen LogP contribution in [0.25, 0.3) is 0 Å². The Balaban J connectivity index is 1.71. The summed E-state index contributed by atoms with van der Waals surface area (Å²) in [4.78, 5) is 0. The van der Waals surface area contributed by atoms with E-state index in [9.17, 15) is 5.11 Å². The van der Waals surface area contributed by atoms with Gasteiger partial charge in [0.15, 0.2) is 0 Å². The summed E-state index contributed by atoms with van der Waals surface area (Å²) in [6, 6.07) is 5.98. The molecule has 20 heavy (non-hydrogen) atoms. The zero-order chi connectivity index (χ0) is 13.9. The van der Waals surface area contributed by atoms with Crippen LogP contribution in [0, 0.1) is 0 Å². The third-order valence-electron chi connectivity index (χ3n) is 3.74. The highest BCUT2D eigenvalue weighted by atomic mass is 16.5. The first-order valence-electron chi connectivity index (χ1n) is 6.86. The molecule has 0 spiro atoms. The van der Waals surface area contributed by atoms with Crippen molar-refractivity contribution in [3.8, 4) is 5.75 Å². The lowest BCUT2D eigenvalue weighted by molar-refractivity contribution is 0.183. The Labute approximate surface area is 118 Å². The number of aromatic nitrogens is 2. The van der Waals surface area contributed by atoms with E-state index in [1.807, 2.05) is 23.1 Å². The molecule has 3 rings (SSSR count). The maximum atomic E-state index is 9.86. The number of ether oxygens (including phenoxy) is 1. The second kappa shape index (κ2) is 5.54. The zero-order valence-corrected chi connectivity index (χ0v) is 11.5. The van der Waals surface area contributed by atoms with Gasteiger partial charge in [0.05, 0.1) is 31.1 Å². The molecule has 2 N–H and O–H groups in total. The standard InChI is InChI=1S/C15H19N3O2/c1-20-8-7-18-10-11(9-16-18)17-14-6-5-13-12(14)3-2-4-15(13)19/h2-4,9-10,14,17,19H,5-8H2,1H3. The maximum absolute atomic E-state index is 9.86. The molecule has 1 aliphatic carbocycles. The van der Waals surface area contributed by atoms with Gasteiger partial charge in [0.1, 0.15) is 5.75 Å². The number of hydrogen-bond donors (Lipinski definition) is 2. The van der Waals surface area contributed by atoms with Gasteiger partial charge in [0, 0.05) is 13.3 Å². The van der Waals surface area contributed by atoms with Gasteiger partial charge in [0.2, 0.25) is 0 Å². The van der Waals surface area contributed by atoms with Crippen molar-refractivity contribution < 1.29 is 9.84 Å². The molecule has 1 heterocycles. The molecule has 1 aliphatic rings. The average molecular weight is 273 g/mol. The molecule has 2 aromatic rings. The molecular formula is C15H19N3O2. The quantitative estimate of drug-likeness (QED) is 0.878. The van der Waals surface area contributed by atoms with E-state index >= 15 is 0 Å². The highest BCUT2D eigenvalue weighted by Crippen LogP contribution is 2.38. The van der Waals surface area contributed by atoms with E-state index in [0.717, 1.165) is 30.6 Å². The van der Waals surface area contributed by atoms with Crippen LogP contribution in [0.2, 0.25) is 0 Å². The van der Waals surface area contributed by atoms with E-state index in [1.165, 1.54) is 5.56 Å². The third-order valence-corrected chi connectivity index (χ3v) is 3.74. The lowest BCUT2D eigenvalue weighted by Crippen LogP contribution is -2.07. The number of benzene rings is 1. The Hall–Kier alpha value is -2.01. The maximum Gasteiger partial charge on any atom is 0.119 e. The lowest BCUT2D eigenvalue weighted by Gasteiger charge is -2.13. The molecule has 1 atom stereocenters. The fourth-order valence-corrected chi connectivity index (χ4v) is 2.73. The fraction of sp³-hybridized carbons (Fsp3) is 0.400. The number of hydrogen-bond acceptors (Lipinski definition) is 4. The van der Waals surface area contributed by atoms with Gasteiger partial charge < -0.3 is 15.2 Å². The predicted molar refractivity (Wildman–Crippen MR) is 76.9 cm³/mol. The summed E-state index contributed by atoms with van der Waals surface area (Å²) >= 11 is 0. The van der Waals surface area contributed by atoms with Crippen LogP contribution in [0.4, 0.5) is 5.69 Å². The van der Waals surface area contributed by atoms with Crippen LogP contribution >= 0.6 is 0 Å². The van der Waals surface area contributed by atoms with Crippen LogP contribution in [0.5, 0.6) is 5.75 Å². The van der Waals surface area contributed by atoms with Crippen LogP contribution < -0.4 is 5.32 Å². The fourth-order valence-electron chi connectivity index (χ4n) is 2.73. The van der Waals surface area contributed by atoms with Gasteiger partial charge in [-0.1, -0.05) is 12.1 Å². The highest BCUT2D eigenvalue weighted by molar-refractivity contribution is 5.49. The number of fused-ring (bicyclic) bond motifs is 1. The number of phenols is 1. The van der Waals surface area contributed by atoms with E-state index in [2.05, 4.69) is 16.5 Å². The normalized spacial score (nSPS) is 17.1. The first-order chi connectivity index (χ1) is 9.78. The first kappa shape index (κ1) is 13.0. The second-order valence-electron chi connectivity index (χ2n) is 5.07. The minimum atomic E-state index is 0.247. The van der Waals surface area contributed by atoms with Crippen LogP contribution in [0.1, 0.15) is 23.6 Å². The molecule has 0 fully saturated rings. The summed E-state index contributed by atoms with van der Waals surface area (Å²) in [5.74, 6) is 0.405. The third kappa shape index (κ3) is 2.49. The van der Waals surface area contributed by atoms with Crippen molar-refractivity contribution >= 4 is 5.69 Å². The van der Waals surface area contributed by atoms with Crippen molar-refractivity contribution in [2.75, 3.05) is 19.0 Å². The van der Waals surface area contributed by atoms with Gasteiger partial charge in [0.25, 0.3) is 0 Å². The molecule has 106 valence electrons. The molecule has 0 amide bonds. The van der Waals surface area contributed by atoms with Crippen molar-refractivity contribution in [2.24, 2.45) is 0 Å². The number of nitrogens with zero attached hydrogens (tertiary/aromatic N) is 2. The van der Waals surface area contributed by atoms with Crippen LogP contribution in [0.3, 0.4) is 0 Å². The summed E-state index contributed by atoms with van der Waals surface area (Å²) in [5.41, 5.74) is 3.26. The van der Waals surface area contributed by atoms with Gasteiger partial charge in [-0.05, 0) is 30.0 Å². The van der Waals surface area contributed by atoms with Crippen molar-refractivity contribution in [1.29, 1.82) is 0 Å². The summed E-state index contributed by atoms with van der Waals surface area (Å²) < 4.78 is 6.90. The minimum absolute atomic E-state index is 0.247. The number of phenolic OH excluding ortho intramolecular Hbond substituents is 1. The predicted octanol–water partition coefficient (Wildman–Crippen LogP) is 2.33. The lowest BCUT2D eigenvalue weighted by atomic mass is 10.1. The molecule has 1 aromatic carbocycles. The number of anilines is 1. The number of aromatic hydroxyl groups is 1. The minimum Gasteiger partial charge on any atom is -0.508 e. The van der Waals surface area contributed by atoms with Gasteiger partial charge >= 0.3 is 0 Å². The van der Waals surface area contributed by atoms with Gasteiger partial charge in [-0.15, -0.1) is 0 Å². The average Bonchev–Trinajstić information content (AvgIpc) is 3.06. The van der Waals surface area contributed by atoms with Crippen LogP contribution in [-0.4, -0.2) is 28.6 Å². The topological polar surface area (TPSA) is 59.3 Å². The van der Waals surface area contributed by atoms with E-state index in [1.54, 1.807) is 13.2 Å². The van der Waals surface area contributed by atoms with Crippen molar-refractivity contribution in [3.05, 3.63) is 41.7 Å². The van der Waals surface area contributed by atoms with Gasteiger partial charge in [-0.3, -0.25) is 4.68 Å². The first-order valence-corrected chi connectivity index (χ1v) is 6.86. The Morgan fingerprint density at radius 3 is 3.25 bits per heavy atom. The van der Waals surface area contributed by atoms with Crippen molar-refractivity contribution in [2.45, 2.75) is 25.4 Å². The molecule has 0 radical (unpaired) electrons. The molecule has 5 nitrogen and oxygen atoms in total. The Morgan fingerprint density at radius 1 is 1.50 bits per heavy atom. The van der Waals surface area contributed by atoms with Crippen LogP contribution in [-0.2, 0) is 17.7 Å². The van der Waals surface area contributed by atoms with E-state index < -0.39 is 0 Å². The number of rotatable bonds is 5. The van der Waals surface area contributed by atoms with Gasteiger partial charge in [-0.2, -0.15) is 5.10 Å². The Morgan fingerprint density at radius 2 is 2.40 bits per heavy atom. The van der Waals surface area contributed by atoms with Crippen LogP contribution in [0.15, 0.2) is 30.6 Å². The summed E-state index contributed by atoms with van der Waals surface area (Å²) in [7, 11) is 1.69. The van der Waals surface area contributed by atoms with E-state index in [0.29, 0.717) is 12.4 Å². The van der Waals surface area contributed by atoms with Crippen molar-refractivity contribution in [1.82, 2.24) is 9.78 Å².